The monoisotopic (exact) mass is 410 g/mol. The Kier molecular flexibility index (Phi) is 6.72. The zero-order chi connectivity index (χ0) is 21.7. The molecular formula is C23H26N2O5. The molecule has 1 fully saturated rings. The van der Waals surface area contributed by atoms with E-state index in [1.165, 1.54) is 0 Å². The first-order valence-electron chi connectivity index (χ1n) is 10.1. The molecule has 2 aromatic rings. The molecule has 4 amide bonds. The van der Waals surface area contributed by atoms with Gasteiger partial charge in [0.05, 0.1) is 25.4 Å². The fraction of sp³-hybridized carbons (Fsp3) is 0.348. The number of urea groups is 1. The lowest BCUT2D eigenvalue weighted by Gasteiger charge is -2.18. The Morgan fingerprint density at radius 3 is 2.20 bits per heavy atom. The van der Waals surface area contributed by atoms with Crippen LogP contribution in [0.2, 0.25) is 0 Å². The van der Waals surface area contributed by atoms with Crippen LogP contribution in [0.25, 0.3) is 0 Å². The molecule has 0 atom stereocenters. The maximum atomic E-state index is 12.9. The Morgan fingerprint density at radius 1 is 0.833 bits per heavy atom. The Hall–Kier alpha value is -3.35. The van der Waals surface area contributed by atoms with Crippen molar-refractivity contribution < 1.29 is 23.9 Å². The van der Waals surface area contributed by atoms with E-state index in [0.717, 1.165) is 33.8 Å². The van der Waals surface area contributed by atoms with Crippen molar-refractivity contribution in [2.24, 2.45) is 0 Å². The van der Waals surface area contributed by atoms with E-state index in [0.29, 0.717) is 24.7 Å². The van der Waals surface area contributed by atoms with Gasteiger partial charge in [-0.3, -0.25) is 14.5 Å². The summed E-state index contributed by atoms with van der Waals surface area (Å²) in [5.74, 6) is -0.746. The van der Waals surface area contributed by atoms with Crippen molar-refractivity contribution in [2.45, 2.75) is 40.2 Å². The zero-order valence-corrected chi connectivity index (χ0v) is 17.5. The number of amides is 4. The summed E-state index contributed by atoms with van der Waals surface area (Å²) in [7, 11) is 0. The summed E-state index contributed by atoms with van der Waals surface area (Å²) in [5.41, 5.74) is 2.07. The van der Waals surface area contributed by atoms with E-state index >= 15 is 0 Å². The molecule has 1 aliphatic rings. The lowest BCUT2D eigenvalue weighted by Crippen LogP contribution is -2.33. The first-order chi connectivity index (χ1) is 14.5. The zero-order valence-electron chi connectivity index (χ0n) is 17.5. The number of aryl methyl sites for hydroxylation is 1. The second-order valence-electron chi connectivity index (χ2n) is 7.13. The Bertz CT molecular complexity index is 956. The van der Waals surface area contributed by atoms with Crippen molar-refractivity contribution in [2.75, 3.05) is 18.1 Å². The molecule has 3 rings (SSSR count). The fourth-order valence-corrected chi connectivity index (χ4v) is 3.16. The maximum Gasteiger partial charge on any atom is 0.339 e. The fourth-order valence-electron chi connectivity index (χ4n) is 3.16. The van der Waals surface area contributed by atoms with Crippen molar-refractivity contribution in [3.05, 3.63) is 53.6 Å². The molecule has 0 saturated carbocycles. The molecule has 0 spiro atoms. The number of carbonyl (C=O) groups excluding carboxylic acids is 3. The van der Waals surface area contributed by atoms with Crippen LogP contribution in [0.5, 0.6) is 11.5 Å². The van der Waals surface area contributed by atoms with Crippen molar-refractivity contribution in [1.29, 1.82) is 0 Å². The quantitative estimate of drug-likeness (QED) is 0.460. The topological polar surface area (TPSA) is 76.2 Å². The molecule has 0 radical (unpaired) electrons. The van der Waals surface area contributed by atoms with E-state index in [4.69, 9.17) is 9.47 Å². The number of benzene rings is 2. The van der Waals surface area contributed by atoms with Gasteiger partial charge in [0.2, 0.25) is 0 Å². The van der Waals surface area contributed by atoms with E-state index in [1.54, 1.807) is 18.2 Å². The molecular weight excluding hydrogens is 384 g/mol. The average Bonchev–Trinajstić information content (AvgIpc) is 2.94. The van der Waals surface area contributed by atoms with Gasteiger partial charge < -0.3 is 9.47 Å². The van der Waals surface area contributed by atoms with Gasteiger partial charge in [-0.2, -0.15) is 0 Å². The lowest BCUT2D eigenvalue weighted by molar-refractivity contribution is -0.139. The Morgan fingerprint density at radius 2 is 1.53 bits per heavy atom. The highest BCUT2D eigenvalue weighted by Crippen LogP contribution is 2.34. The summed E-state index contributed by atoms with van der Waals surface area (Å²) >= 11 is 0. The standard InChI is InChI=1S/C23H26N2O5/c1-4-11-29-19-10-9-18(14-20(19)30-12-5-2)25-22(27)21(26)24(23(25)28)15-17-8-6-7-16(3)13-17/h6-10,13-14H,4-5,11-12,15H2,1-3H3. The van der Waals surface area contributed by atoms with E-state index in [9.17, 15) is 14.4 Å². The number of hydrogen-bond acceptors (Lipinski definition) is 5. The van der Waals surface area contributed by atoms with Crippen molar-refractivity contribution in [3.63, 3.8) is 0 Å². The molecule has 158 valence electrons. The summed E-state index contributed by atoms with van der Waals surface area (Å²) in [6.07, 6.45) is 1.63. The third-order valence-corrected chi connectivity index (χ3v) is 4.59. The van der Waals surface area contributed by atoms with Crippen LogP contribution in [-0.2, 0) is 16.1 Å². The van der Waals surface area contributed by atoms with E-state index < -0.39 is 17.8 Å². The average molecular weight is 410 g/mol. The van der Waals surface area contributed by atoms with E-state index in [-0.39, 0.29) is 12.2 Å². The number of rotatable bonds is 9. The van der Waals surface area contributed by atoms with Gasteiger partial charge in [-0.25, -0.2) is 9.69 Å². The molecule has 2 aromatic carbocycles. The van der Waals surface area contributed by atoms with Crippen LogP contribution in [0.1, 0.15) is 37.8 Å². The van der Waals surface area contributed by atoms with E-state index in [1.807, 2.05) is 45.0 Å². The summed E-state index contributed by atoms with van der Waals surface area (Å²) < 4.78 is 11.4. The molecule has 0 unspecified atom stereocenters. The predicted molar refractivity (Wildman–Crippen MR) is 113 cm³/mol. The van der Waals surface area contributed by atoms with Crippen LogP contribution in [0.15, 0.2) is 42.5 Å². The minimum Gasteiger partial charge on any atom is -0.490 e. The number of carbonyl (C=O) groups is 3. The van der Waals surface area contributed by atoms with Crippen LogP contribution < -0.4 is 14.4 Å². The second kappa shape index (κ2) is 9.43. The number of hydrogen-bond donors (Lipinski definition) is 0. The minimum absolute atomic E-state index is 0.0402. The first-order valence-corrected chi connectivity index (χ1v) is 10.1. The van der Waals surface area contributed by atoms with Crippen LogP contribution in [-0.4, -0.2) is 36.0 Å². The van der Waals surface area contributed by atoms with E-state index in [2.05, 4.69) is 0 Å². The van der Waals surface area contributed by atoms with Gasteiger partial charge >= 0.3 is 17.8 Å². The summed E-state index contributed by atoms with van der Waals surface area (Å²) in [6, 6.07) is 11.6. The van der Waals surface area contributed by atoms with Gasteiger partial charge in [0.15, 0.2) is 11.5 Å². The highest BCUT2D eigenvalue weighted by atomic mass is 16.5. The van der Waals surface area contributed by atoms with Crippen LogP contribution in [0, 0.1) is 6.92 Å². The van der Waals surface area contributed by atoms with Gasteiger partial charge in [-0.15, -0.1) is 0 Å². The summed E-state index contributed by atoms with van der Waals surface area (Å²) in [6.45, 7) is 6.92. The second-order valence-corrected chi connectivity index (χ2v) is 7.13. The third-order valence-electron chi connectivity index (χ3n) is 4.59. The van der Waals surface area contributed by atoms with Crippen molar-refractivity contribution in [1.82, 2.24) is 4.90 Å². The van der Waals surface area contributed by atoms with Crippen LogP contribution in [0.3, 0.4) is 0 Å². The normalized spacial score (nSPS) is 13.9. The number of nitrogens with zero attached hydrogens (tertiary/aromatic N) is 2. The number of ether oxygens (including phenoxy) is 2. The lowest BCUT2D eigenvalue weighted by atomic mass is 10.1. The first kappa shape index (κ1) is 21.4. The number of anilines is 1. The Balaban J connectivity index is 1.87. The largest absolute Gasteiger partial charge is 0.490 e. The van der Waals surface area contributed by atoms with Gasteiger partial charge in [-0.05, 0) is 37.5 Å². The molecule has 7 nitrogen and oxygen atoms in total. The smallest absolute Gasteiger partial charge is 0.339 e. The molecule has 0 aromatic heterocycles. The molecule has 0 N–H and O–H groups in total. The number of imide groups is 2. The third kappa shape index (κ3) is 4.45. The van der Waals surface area contributed by atoms with Crippen molar-refractivity contribution >= 4 is 23.5 Å². The summed E-state index contributed by atoms with van der Waals surface area (Å²) in [4.78, 5) is 39.9. The highest BCUT2D eigenvalue weighted by molar-refractivity contribution is 6.52. The minimum atomic E-state index is -0.878. The highest BCUT2D eigenvalue weighted by Gasteiger charge is 2.45. The summed E-state index contributed by atoms with van der Waals surface area (Å²) in [5, 5.41) is 0. The molecule has 0 aliphatic carbocycles. The van der Waals surface area contributed by atoms with Gasteiger partial charge in [0, 0.05) is 6.07 Å². The Labute approximate surface area is 176 Å². The van der Waals surface area contributed by atoms with Crippen molar-refractivity contribution in [3.8, 4) is 11.5 Å². The molecule has 1 heterocycles. The van der Waals surface area contributed by atoms with Gasteiger partial charge in [-0.1, -0.05) is 43.7 Å². The molecule has 0 bridgehead atoms. The molecule has 30 heavy (non-hydrogen) atoms. The maximum absolute atomic E-state index is 12.9. The molecule has 1 aliphatic heterocycles. The molecule has 7 heteroatoms. The van der Waals surface area contributed by atoms with Gasteiger partial charge in [0.25, 0.3) is 0 Å². The SMILES string of the molecule is CCCOc1ccc(N2C(=O)C(=O)N(Cc3cccc(C)c3)C2=O)cc1OCCC. The predicted octanol–water partition coefficient (Wildman–Crippen LogP) is 4.07. The van der Waals surface area contributed by atoms with Crippen LogP contribution >= 0.6 is 0 Å². The van der Waals surface area contributed by atoms with Crippen LogP contribution in [0.4, 0.5) is 10.5 Å². The van der Waals surface area contributed by atoms with Gasteiger partial charge in [0.1, 0.15) is 0 Å². The molecule has 1 saturated heterocycles.